The Morgan fingerprint density at radius 3 is 2.56 bits per heavy atom. The van der Waals surface area contributed by atoms with Crippen LogP contribution in [0.15, 0.2) is 53.9 Å². The van der Waals surface area contributed by atoms with Crippen molar-refractivity contribution in [3.63, 3.8) is 0 Å². The van der Waals surface area contributed by atoms with Crippen molar-refractivity contribution in [1.29, 1.82) is 0 Å². The number of aliphatic hydroxyl groups excluding tert-OH is 1. The first-order valence-electron chi connectivity index (χ1n) is 9.06. The molecule has 0 aliphatic heterocycles. The first-order chi connectivity index (χ1) is 11.8. The lowest BCUT2D eigenvalue weighted by Gasteiger charge is -2.18. The van der Waals surface area contributed by atoms with E-state index in [9.17, 15) is 5.11 Å². The third-order valence-electron chi connectivity index (χ3n) is 5.09. The molecule has 0 amide bonds. The van der Waals surface area contributed by atoms with Crippen molar-refractivity contribution in [2.24, 2.45) is 5.92 Å². The summed E-state index contributed by atoms with van der Waals surface area (Å²) >= 11 is 1.85. The van der Waals surface area contributed by atoms with Crippen molar-refractivity contribution in [2.45, 2.75) is 44.8 Å². The van der Waals surface area contributed by atoms with E-state index in [-0.39, 0.29) is 18.4 Å². The highest BCUT2D eigenvalue weighted by molar-refractivity contribution is 7.11. The Kier molecular flexibility index (Phi) is 8.17. The number of allylic oxidation sites excluding steroid dienone is 1. The average molecular weight is 378 g/mol. The molecule has 0 saturated heterocycles. The van der Waals surface area contributed by atoms with Gasteiger partial charge < -0.3 is 22.8 Å². The van der Waals surface area contributed by atoms with Crippen LogP contribution < -0.4 is 17.7 Å². The van der Waals surface area contributed by atoms with Gasteiger partial charge >= 0.3 is 0 Å². The van der Waals surface area contributed by atoms with Crippen LogP contribution in [-0.2, 0) is 0 Å². The predicted molar refractivity (Wildman–Crippen MR) is 102 cm³/mol. The van der Waals surface area contributed by atoms with E-state index in [4.69, 9.17) is 0 Å². The van der Waals surface area contributed by atoms with Crippen molar-refractivity contribution >= 4 is 16.9 Å². The molecular weight excluding hydrogens is 350 g/mol. The fraction of sp³-hybridized carbons (Fsp3) is 0.429. The molecule has 1 heterocycles. The van der Waals surface area contributed by atoms with Crippen LogP contribution >= 0.6 is 11.3 Å². The van der Waals surface area contributed by atoms with Gasteiger partial charge in [0.25, 0.3) is 0 Å². The van der Waals surface area contributed by atoms with Crippen LogP contribution in [0.3, 0.4) is 0 Å². The van der Waals surface area contributed by atoms with Crippen LogP contribution in [0.2, 0.25) is 0 Å². The van der Waals surface area contributed by atoms with Crippen LogP contribution in [0.25, 0.3) is 5.57 Å². The van der Waals surface area contributed by atoms with Gasteiger partial charge in [0.05, 0.1) is 6.54 Å². The zero-order chi connectivity index (χ0) is 16.8. The highest BCUT2D eigenvalue weighted by Gasteiger charge is 2.22. The topological polar surface area (TPSA) is 36.8 Å². The van der Waals surface area contributed by atoms with E-state index in [1.54, 1.807) is 0 Å². The fourth-order valence-electron chi connectivity index (χ4n) is 3.64. The average Bonchev–Trinajstić information content (AvgIpc) is 3.32. The Labute approximate surface area is 161 Å². The van der Waals surface area contributed by atoms with Gasteiger partial charge in [-0.1, -0.05) is 49.2 Å². The maximum Gasteiger partial charge on any atom is 0.130 e. The van der Waals surface area contributed by atoms with Crippen LogP contribution in [0.4, 0.5) is 0 Å². The van der Waals surface area contributed by atoms with E-state index >= 15 is 0 Å². The van der Waals surface area contributed by atoms with E-state index in [0.717, 1.165) is 18.0 Å². The van der Waals surface area contributed by atoms with Crippen molar-refractivity contribution in [3.8, 4) is 0 Å². The summed E-state index contributed by atoms with van der Waals surface area (Å²) in [5.74, 6) is 0.728. The van der Waals surface area contributed by atoms with Crippen molar-refractivity contribution in [2.75, 3.05) is 6.54 Å². The molecule has 2 nitrogen and oxygen atoms in total. The minimum atomic E-state index is -0.420. The molecule has 4 heteroatoms. The van der Waals surface area contributed by atoms with Crippen molar-refractivity contribution < 1.29 is 22.8 Å². The largest absolute Gasteiger partial charge is 1.00 e. The zero-order valence-electron chi connectivity index (χ0n) is 14.8. The third kappa shape index (κ3) is 5.42. The normalized spacial score (nSPS) is 17.9. The summed E-state index contributed by atoms with van der Waals surface area (Å²) in [5, 5.41) is 14.9. The monoisotopic (exact) mass is 377 g/mol. The number of thiophene rings is 1. The Hall–Kier alpha value is -1.13. The zero-order valence-corrected chi connectivity index (χ0v) is 16.3. The van der Waals surface area contributed by atoms with Gasteiger partial charge in [-0.25, -0.2) is 0 Å². The SMILES string of the molecule is CC([NH2+]C/C=C(/c1cccs1)C1CCCC1)C(O)c1ccccc1.[Cl-]. The molecule has 2 aromatic rings. The predicted octanol–water partition coefficient (Wildman–Crippen LogP) is 1.01. The molecule has 1 aliphatic rings. The van der Waals surface area contributed by atoms with E-state index in [2.05, 4.69) is 35.8 Å². The quantitative estimate of drug-likeness (QED) is 0.742. The smallest absolute Gasteiger partial charge is 0.130 e. The molecule has 1 fully saturated rings. The molecule has 1 aromatic carbocycles. The highest BCUT2D eigenvalue weighted by Crippen LogP contribution is 2.37. The summed E-state index contributed by atoms with van der Waals surface area (Å²) in [5.41, 5.74) is 2.53. The van der Waals surface area contributed by atoms with Gasteiger partial charge in [0.15, 0.2) is 0 Å². The molecular formula is C21H28ClNOS. The van der Waals surface area contributed by atoms with Crippen LogP contribution in [0.5, 0.6) is 0 Å². The molecule has 1 saturated carbocycles. The fourth-order valence-corrected chi connectivity index (χ4v) is 4.49. The number of hydrogen-bond donors (Lipinski definition) is 2. The maximum atomic E-state index is 10.5. The van der Waals surface area contributed by atoms with E-state index < -0.39 is 6.10 Å². The number of halogens is 1. The summed E-state index contributed by atoms with van der Waals surface area (Å²) in [6.45, 7) is 3.03. The lowest BCUT2D eigenvalue weighted by atomic mass is 9.95. The second-order valence-corrected chi connectivity index (χ2v) is 7.75. The number of nitrogens with two attached hydrogens (primary N) is 1. The Balaban J connectivity index is 0.00000225. The highest BCUT2D eigenvalue weighted by atomic mass is 35.5. The molecule has 2 unspecified atom stereocenters. The van der Waals surface area contributed by atoms with Gasteiger partial charge in [0.1, 0.15) is 12.1 Å². The number of benzene rings is 1. The molecule has 136 valence electrons. The summed E-state index contributed by atoms with van der Waals surface area (Å²) in [6, 6.07) is 14.5. The standard InChI is InChI=1S/C21H27NOS.ClH/c1-16(21(23)18-10-3-2-4-11-18)22-14-13-19(17-8-5-6-9-17)20-12-7-15-24-20;/h2-4,7,10-13,15-17,21-23H,5-6,8-9,14H2,1H3;1H/b19-13+;. The molecule has 3 rings (SSSR count). The first kappa shape index (κ1) is 20.2. The van der Waals surface area contributed by atoms with Crippen molar-refractivity contribution in [1.82, 2.24) is 0 Å². The van der Waals surface area contributed by atoms with Gasteiger partial charge in [-0.3, -0.25) is 0 Å². The lowest BCUT2D eigenvalue weighted by molar-refractivity contribution is -0.686. The van der Waals surface area contributed by atoms with Gasteiger partial charge in [-0.15, -0.1) is 11.3 Å². The lowest BCUT2D eigenvalue weighted by Crippen LogP contribution is -3.00. The molecule has 2 atom stereocenters. The molecule has 1 aromatic heterocycles. The Morgan fingerprint density at radius 1 is 1.20 bits per heavy atom. The van der Waals surface area contributed by atoms with Crippen molar-refractivity contribution in [3.05, 3.63) is 64.4 Å². The van der Waals surface area contributed by atoms with Gasteiger partial charge in [0.2, 0.25) is 0 Å². The van der Waals surface area contributed by atoms with Crippen LogP contribution in [0, 0.1) is 5.92 Å². The van der Waals surface area contributed by atoms with Crippen LogP contribution in [0.1, 0.15) is 49.2 Å². The summed E-state index contributed by atoms with van der Waals surface area (Å²) < 4.78 is 0. The Morgan fingerprint density at radius 2 is 1.92 bits per heavy atom. The summed E-state index contributed by atoms with van der Waals surface area (Å²) in [6.07, 6.45) is 7.35. The number of hydrogen-bond acceptors (Lipinski definition) is 2. The minimum Gasteiger partial charge on any atom is -1.00 e. The Bertz CT molecular complexity index is 635. The van der Waals surface area contributed by atoms with E-state index in [1.165, 1.54) is 36.1 Å². The second kappa shape index (κ2) is 10.1. The van der Waals surface area contributed by atoms with Gasteiger partial charge in [-0.05, 0) is 54.3 Å². The van der Waals surface area contributed by atoms with Gasteiger partial charge in [-0.2, -0.15) is 0 Å². The first-order valence-corrected chi connectivity index (χ1v) is 9.94. The molecule has 25 heavy (non-hydrogen) atoms. The molecule has 0 radical (unpaired) electrons. The molecule has 1 aliphatic carbocycles. The summed E-state index contributed by atoms with van der Waals surface area (Å²) in [4.78, 5) is 1.42. The minimum absolute atomic E-state index is 0. The second-order valence-electron chi connectivity index (χ2n) is 6.80. The molecule has 0 bridgehead atoms. The number of quaternary nitrogens is 1. The summed E-state index contributed by atoms with van der Waals surface area (Å²) in [7, 11) is 0. The molecule has 3 N–H and O–H groups in total. The van der Waals surface area contributed by atoms with Gasteiger partial charge in [0, 0.05) is 4.88 Å². The van der Waals surface area contributed by atoms with E-state index in [1.807, 2.05) is 41.7 Å². The number of aliphatic hydroxyl groups is 1. The third-order valence-corrected chi connectivity index (χ3v) is 6.00. The van der Waals surface area contributed by atoms with Crippen LogP contribution in [-0.4, -0.2) is 17.7 Å². The molecule has 0 spiro atoms. The maximum absolute atomic E-state index is 10.5. The van der Waals surface area contributed by atoms with E-state index in [0.29, 0.717) is 0 Å². The number of rotatable bonds is 7.